The number of nitrogens with zero attached hydrogens (tertiary/aromatic N) is 3. The molecule has 2 amide bonds. The highest BCUT2D eigenvalue weighted by molar-refractivity contribution is 6.35. The van der Waals surface area contributed by atoms with Gasteiger partial charge in [-0.25, -0.2) is 0 Å². The molecule has 0 heterocycles. The van der Waals surface area contributed by atoms with E-state index in [-0.39, 0.29) is 6.54 Å². The fourth-order valence-electron chi connectivity index (χ4n) is 0.940. The predicted molar refractivity (Wildman–Crippen MR) is 52.4 cm³/mol. The molecule has 0 unspecified atom stereocenters. The first-order valence-corrected chi connectivity index (χ1v) is 4.15. The van der Waals surface area contributed by atoms with E-state index in [0.29, 0.717) is 0 Å². The summed E-state index contributed by atoms with van der Waals surface area (Å²) in [6.07, 6.45) is 0. The first-order valence-electron chi connectivity index (χ1n) is 4.15. The monoisotopic (exact) mass is 204 g/mol. The number of carbonyl (C=O) groups is 2. The molecule has 0 bridgehead atoms. The molecule has 0 radical (unpaired) electrons. The fraction of sp³-hybridized carbons (Fsp3) is 0.111. The Kier molecular flexibility index (Phi) is 3.88. The van der Waals surface area contributed by atoms with Crippen molar-refractivity contribution in [1.29, 1.82) is 0 Å². The van der Waals surface area contributed by atoms with Gasteiger partial charge in [0.1, 0.15) is 0 Å². The van der Waals surface area contributed by atoms with Crippen LogP contribution in [0.5, 0.6) is 0 Å². The maximum atomic E-state index is 11.0. The zero-order valence-electron chi connectivity index (χ0n) is 7.75. The van der Waals surface area contributed by atoms with Gasteiger partial charge < -0.3 is 5.32 Å². The molecule has 1 rings (SSSR count). The van der Waals surface area contributed by atoms with Crippen LogP contribution in [0.25, 0.3) is 10.4 Å². The van der Waals surface area contributed by atoms with E-state index in [1.165, 1.54) is 0 Å². The lowest BCUT2D eigenvalue weighted by molar-refractivity contribution is -0.137. The first kappa shape index (κ1) is 10.7. The van der Waals surface area contributed by atoms with Gasteiger partial charge in [0.2, 0.25) is 0 Å². The highest BCUT2D eigenvalue weighted by atomic mass is 16.2. The van der Waals surface area contributed by atoms with Gasteiger partial charge in [0, 0.05) is 11.5 Å². The van der Waals surface area contributed by atoms with Crippen LogP contribution < -0.4 is 5.32 Å². The van der Waals surface area contributed by atoms with Crippen molar-refractivity contribution >= 4 is 11.8 Å². The maximum absolute atomic E-state index is 11.0. The van der Waals surface area contributed by atoms with E-state index in [9.17, 15) is 9.59 Å². The lowest BCUT2D eigenvalue weighted by atomic mass is 10.2. The average Bonchev–Trinajstić information content (AvgIpc) is 2.27. The van der Waals surface area contributed by atoms with Crippen LogP contribution >= 0.6 is 0 Å². The third kappa shape index (κ3) is 3.50. The lowest BCUT2D eigenvalue weighted by Crippen LogP contribution is -2.28. The van der Waals surface area contributed by atoms with Gasteiger partial charge in [0.25, 0.3) is 5.91 Å². The topological polar surface area (TPSA) is 94.9 Å². The van der Waals surface area contributed by atoms with Gasteiger partial charge in [-0.3, -0.25) is 9.59 Å². The van der Waals surface area contributed by atoms with E-state index in [2.05, 4.69) is 15.3 Å². The minimum atomic E-state index is -1.13. The lowest BCUT2D eigenvalue weighted by Gasteiger charge is -2.01. The molecule has 0 atom stereocenters. The molecule has 6 nitrogen and oxygen atoms in total. The van der Waals surface area contributed by atoms with E-state index < -0.39 is 11.8 Å². The highest BCUT2D eigenvalue weighted by Crippen LogP contribution is 1.96. The number of amides is 2. The summed E-state index contributed by atoms with van der Waals surface area (Å²) in [5, 5.41) is 5.00. The average molecular weight is 204 g/mol. The Balaban J connectivity index is 2.48. The number of azide groups is 1. The highest BCUT2D eigenvalue weighted by Gasteiger charge is 2.09. The quantitative estimate of drug-likeness (QED) is 0.338. The Hall–Kier alpha value is -2.33. The summed E-state index contributed by atoms with van der Waals surface area (Å²) in [6.45, 7) is 0.229. The zero-order chi connectivity index (χ0) is 11.1. The van der Waals surface area contributed by atoms with Crippen LogP contribution in [-0.2, 0) is 16.1 Å². The van der Waals surface area contributed by atoms with Gasteiger partial charge in [0.15, 0.2) is 0 Å². The third-order valence-electron chi connectivity index (χ3n) is 1.63. The minimum absolute atomic E-state index is 0.229. The van der Waals surface area contributed by atoms with Crippen LogP contribution in [-0.4, -0.2) is 11.8 Å². The largest absolute Gasteiger partial charge is 0.345 e. The van der Waals surface area contributed by atoms with Crippen molar-refractivity contribution in [3.8, 4) is 0 Å². The Morgan fingerprint density at radius 1 is 1.33 bits per heavy atom. The Morgan fingerprint density at radius 3 is 2.60 bits per heavy atom. The number of nitrogens with one attached hydrogen (secondary N) is 1. The van der Waals surface area contributed by atoms with Crippen molar-refractivity contribution in [2.75, 3.05) is 0 Å². The van der Waals surface area contributed by atoms with Gasteiger partial charge in [-0.2, -0.15) is 0 Å². The summed E-state index contributed by atoms with van der Waals surface area (Å²) in [7, 11) is 0. The Bertz CT molecular complexity index is 409. The Morgan fingerprint density at radius 2 is 2.00 bits per heavy atom. The Labute approximate surface area is 85.5 Å². The molecule has 6 heteroatoms. The summed E-state index contributed by atoms with van der Waals surface area (Å²) in [5.41, 5.74) is 8.79. The van der Waals surface area contributed by atoms with Crippen LogP contribution in [0.2, 0.25) is 0 Å². The molecule has 0 saturated carbocycles. The molecule has 0 spiro atoms. The summed E-state index contributed by atoms with van der Waals surface area (Å²) >= 11 is 0. The molecule has 0 aliphatic carbocycles. The molecule has 1 N–H and O–H groups in total. The summed E-state index contributed by atoms with van der Waals surface area (Å²) in [4.78, 5) is 23.9. The summed E-state index contributed by atoms with van der Waals surface area (Å²) < 4.78 is 0. The molecular weight excluding hydrogens is 196 g/mol. The van der Waals surface area contributed by atoms with Gasteiger partial charge in [0.05, 0.1) is 0 Å². The van der Waals surface area contributed by atoms with Crippen molar-refractivity contribution in [3.63, 3.8) is 0 Å². The molecule has 1 aromatic rings. The number of benzene rings is 1. The van der Waals surface area contributed by atoms with Gasteiger partial charge in [-0.15, -0.1) is 0 Å². The van der Waals surface area contributed by atoms with Crippen molar-refractivity contribution in [2.45, 2.75) is 6.54 Å². The van der Waals surface area contributed by atoms with Crippen LogP contribution in [0.4, 0.5) is 0 Å². The van der Waals surface area contributed by atoms with E-state index in [1.54, 1.807) is 12.1 Å². The number of hydrogen-bond donors (Lipinski definition) is 1. The van der Waals surface area contributed by atoms with E-state index in [0.717, 1.165) is 5.56 Å². The zero-order valence-corrected chi connectivity index (χ0v) is 7.75. The van der Waals surface area contributed by atoms with Crippen molar-refractivity contribution in [3.05, 3.63) is 46.3 Å². The molecule has 1 aromatic carbocycles. The first-order chi connectivity index (χ1) is 7.24. The van der Waals surface area contributed by atoms with E-state index in [1.807, 2.05) is 18.2 Å². The van der Waals surface area contributed by atoms with Gasteiger partial charge in [-0.1, -0.05) is 30.3 Å². The second-order valence-corrected chi connectivity index (χ2v) is 2.66. The third-order valence-corrected chi connectivity index (χ3v) is 1.63. The van der Waals surface area contributed by atoms with Crippen molar-refractivity contribution in [1.82, 2.24) is 5.32 Å². The van der Waals surface area contributed by atoms with Gasteiger partial charge >= 0.3 is 5.91 Å². The molecular formula is C9H8N4O2. The van der Waals surface area contributed by atoms with E-state index in [4.69, 9.17) is 5.53 Å². The molecule has 76 valence electrons. The summed E-state index contributed by atoms with van der Waals surface area (Å²) in [6, 6.07) is 9.08. The molecule has 15 heavy (non-hydrogen) atoms. The van der Waals surface area contributed by atoms with Crippen LogP contribution in [0.3, 0.4) is 0 Å². The van der Waals surface area contributed by atoms with Crippen molar-refractivity contribution < 1.29 is 9.59 Å². The number of rotatable bonds is 2. The second-order valence-electron chi connectivity index (χ2n) is 2.66. The molecule has 0 aliphatic heterocycles. The normalized spacial score (nSPS) is 8.80. The molecule has 0 fully saturated rings. The van der Waals surface area contributed by atoms with Crippen LogP contribution in [0.1, 0.15) is 5.56 Å². The standard InChI is InChI=1S/C9H8N4O2/c10-13-12-9(15)8(14)11-6-7-4-2-1-3-5-7/h1-5H,6H2,(H,11,14). The second kappa shape index (κ2) is 5.41. The maximum Gasteiger partial charge on any atom is 0.306 e. The number of carbonyl (C=O) groups excluding carboxylic acids is 2. The molecule has 0 saturated heterocycles. The van der Waals surface area contributed by atoms with Crippen LogP contribution in [0, 0.1) is 0 Å². The fourth-order valence-corrected chi connectivity index (χ4v) is 0.940. The smallest absolute Gasteiger partial charge is 0.306 e. The molecule has 0 aromatic heterocycles. The molecule has 0 aliphatic rings. The number of hydrogen-bond acceptors (Lipinski definition) is 2. The van der Waals surface area contributed by atoms with Gasteiger partial charge in [-0.05, 0) is 16.2 Å². The van der Waals surface area contributed by atoms with E-state index >= 15 is 0 Å². The van der Waals surface area contributed by atoms with Crippen molar-refractivity contribution in [2.24, 2.45) is 5.11 Å². The SMILES string of the molecule is [N-]=[N+]=NC(=O)C(=O)NCc1ccccc1. The summed E-state index contributed by atoms with van der Waals surface area (Å²) in [5.74, 6) is -2.04. The minimum Gasteiger partial charge on any atom is -0.345 e. The predicted octanol–water partition coefficient (Wildman–Crippen LogP) is 1.14. The van der Waals surface area contributed by atoms with Crippen LogP contribution in [0.15, 0.2) is 35.4 Å².